The van der Waals surface area contributed by atoms with Gasteiger partial charge in [0.25, 0.3) is 5.56 Å². The maximum absolute atomic E-state index is 13.2. The summed E-state index contributed by atoms with van der Waals surface area (Å²) in [5.74, 6) is 0.291. The number of nitrogens with two attached hydrogens (primary N) is 1. The number of fused-ring (bicyclic) bond motifs is 1. The van der Waals surface area contributed by atoms with Crippen molar-refractivity contribution in [3.05, 3.63) is 76.2 Å². The molecule has 2 N–H and O–H groups in total. The number of aryl methyl sites for hydroxylation is 1. The normalized spacial score (nSPS) is 11.1. The van der Waals surface area contributed by atoms with E-state index in [-0.39, 0.29) is 17.9 Å². The summed E-state index contributed by atoms with van der Waals surface area (Å²) in [5.41, 5.74) is 9.32. The molecule has 29 heavy (non-hydrogen) atoms. The van der Waals surface area contributed by atoms with Gasteiger partial charge in [-0.1, -0.05) is 54.6 Å². The number of hydrogen-bond acceptors (Lipinski definition) is 4. The highest BCUT2D eigenvalue weighted by molar-refractivity contribution is 7.17. The highest BCUT2D eigenvalue weighted by Gasteiger charge is 2.15. The molecule has 0 aliphatic rings. The molecule has 1 amide bonds. The van der Waals surface area contributed by atoms with Crippen LogP contribution in [0, 0.1) is 6.92 Å². The Bertz CT molecular complexity index is 1220. The zero-order valence-corrected chi connectivity index (χ0v) is 16.9. The summed E-state index contributed by atoms with van der Waals surface area (Å²) in [4.78, 5) is 29.6. The van der Waals surface area contributed by atoms with Crippen LogP contribution >= 0.6 is 11.3 Å². The van der Waals surface area contributed by atoms with Crippen molar-refractivity contribution >= 4 is 27.5 Å². The summed E-state index contributed by atoms with van der Waals surface area (Å²) in [7, 11) is 0. The van der Waals surface area contributed by atoms with Gasteiger partial charge in [-0.2, -0.15) is 0 Å². The highest BCUT2D eigenvalue weighted by atomic mass is 32.1. The van der Waals surface area contributed by atoms with E-state index >= 15 is 0 Å². The van der Waals surface area contributed by atoms with Gasteiger partial charge in [0.2, 0.25) is 5.91 Å². The number of carbonyl (C=O) groups excluding carboxylic acids is 1. The van der Waals surface area contributed by atoms with Gasteiger partial charge < -0.3 is 5.73 Å². The topological polar surface area (TPSA) is 78.0 Å². The first-order valence-electron chi connectivity index (χ1n) is 9.47. The van der Waals surface area contributed by atoms with E-state index in [0.29, 0.717) is 24.2 Å². The summed E-state index contributed by atoms with van der Waals surface area (Å²) in [6.45, 7) is 2.25. The van der Waals surface area contributed by atoms with Gasteiger partial charge in [-0.25, -0.2) is 4.98 Å². The van der Waals surface area contributed by atoms with Crippen LogP contribution in [-0.2, 0) is 11.3 Å². The van der Waals surface area contributed by atoms with E-state index < -0.39 is 0 Å². The molecule has 0 aliphatic heterocycles. The number of amides is 1. The van der Waals surface area contributed by atoms with Gasteiger partial charge in [0.1, 0.15) is 10.7 Å². The fourth-order valence-corrected chi connectivity index (χ4v) is 4.47. The Morgan fingerprint density at radius 1 is 1.03 bits per heavy atom. The number of aromatic nitrogens is 2. The lowest BCUT2D eigenvalue weighted by Crippen LogP contribution is -2.24. The smallest absolute Gasteiger partial charge is 0.262 e. The zero-order valence-electron chi connectivity index (χ0n) is 16.1. The molecule has 2 aromatic carbocycles. The minimum Gasteiger partial charge on any atom is -0.370 e. The van der Waals surface area contributed by atoms with Crippen LogP contribution < -0.4 is 11.3 Å². The lowest BCUT2D eigenvalue weighted by molar-refractivity contribution is -0.118. The molecule has 0 unspecified atom stereocenters. The Morgan fingerprint density at radius 2 is 1.69 bits per heavy atom. The number of nitrogens with zero attached hydrogens (tertiary/aromatic N) is 2. The van der Waals surface area contributed by atoms with Gasteiger partial charge in [-0.05, 0) is 30.0 Å². The third-order valence-corrected chi connectivity index (χ3v) is 5.86. The zero-order chi connectivity index (χ0) is 20.4. The number of rotatable bonds is 6. The van der Waals surface area contributed by atoms with E-state index in [1.54, 1.807) is 4.57 Å². The first-order chi connectivity index (χ1) is 14.0. The van der Waals surface area contributed by atoms with Crippen molar-refractivity contribution in [2.24, 2.45) is 5.73 Å². The quantitative estimate of drug-likeness (QED) is 0.519. The van der Waals surface area contributed by atoms with E-state index in [4.69, 9.17) is 5.73 Å². The Hall–Kier alpha value is -3.25. The van der Waals surface area contributed by atoms with E-state index in [2.05, 4.69) is 29.2 Å². The monoisotopic (exact) mass is 403 g/mol. The predicted octanol–water partition coefficient (Wildman–Crippen LogP) is 4.37. The van der Waals surface area contributed by atoms with Crippen molar-refractivity contribution in [2.45, 2.75) is 26.3 Å². The Labute approximate surface area is 172 Å². The number of primary amides is 1. The van der Waals surface area contributed by atoms with Gasteiger partial charge in [0.05, 0.1) is 5.39 Å². The van der Waals surface area contributed by atoms with Gasteiger partial charge in [-0.15, -0.1) is 11.3 Å². The SMILES string of the molecule is Cc1nc2scc(-c3ccc(-c4ccccc4)cc3)c2c(=O)n1CCCC(N)=O. The van der Waals surface area contributed by atoms with E-state index in [0.717, 1.165) is 27.1 Å². The molecule has 2 aromatic heterocycles. The van der Waals surface area contributed by atoms with E-state index in [1.165, 1.54) is 11.3 Å². The molecule has 0 fully saturated rings. The molecular weight excluding hydrogens is 382 g/mol. The molecule has 146 valence electrons. The molecule has 0 bridgehead atoms. The first-order valence-corrected chi connectivity index (χ1v) is 10.4. The maximum Gasteiger partial charge on any atom is 0.262 e. The van der Waals surface area contributed by atoms with Crippen LogP contribution in [-0.4, -0.2) is 15.5 Å². The molecule has 4 aromatic rings. The van der Waals surface area contributed by atoms with Crippen molar-refractivity contribution in [3.63, 3.8) is 0 Å². The minimum absolute atomic E-state index is 0.0691. The van der Waals surface area contributed by atoms with Crippen molar-refractivity contribution in [2.75, 3.05) is 0 Å². The third-order valence-electron chi connectivity index (χ3n) is 4.99. The number of benzene rings is 2. The molecular formula is C23H21N3O2S. The molecule has 2 heterocycles. The molecule has 0 radical (unpaired) electrons. The van der Waals surface area contributed by atoms with Crippen LogP contribution in [0.4, 0.5) is 0 Å². The Morgan fingerprint density at radius 3 is 2.38 bits per heavy atom. The standard InChI is InChI=1S/C23H21N3O2S/c1-15-25-22-21(23(28)26(15)13-5-8-20(24)27)19(14-29-22)18-11-9-17(10-12-18)16-6-3-2-4-7-16/h2-4,6-7,9-12,14H,5,8,13H2,1H3,(H2,24,27). The maximum atomic E-state index is 13.2. The van der Waals surface area contributed by atoms with Gasteiger partial charge >= 0.3 is 0 Å². The van der Waals surface area contributed by atoms with Crippen LogP contribution in [0.2, 0.25) is 0 Å². The number of hydrogen-bond donors (Lipinski definition) is 1. The number of thiophene rings is 1. The van der Waals surface area contributed by atoms with Crippen LogP contribution in [0.25, 0.3) is 32.5 Å². The third kappa shape index (κ3) is 3.84. The summed E-state index contributed by atoms with van der Waals surface area (Å²) in [6, 6.07) is 18.4. The molecule has 0 atom stereocenters. The lowest BCUT2D eigenvalue weighted by atomic mass is 10.0. The van der Waals surface area contributed by atoms with Crippen molar-refractivity contribution in [1.82, 2.24) is 9.55 Å². The molecule has 6 heteroatoms. The molecule has 0 saturated heterocycles. The van der Waals surface area contributed by atoms with Crippen LogP contribution in [0.1, 0.15) is 18.7 Å². The Kier molecular flexibility index (Phi) is 5.27. The second kappa shape index (κ2) is 8.01. The summed E-state index contributed by atoms with van der Waals surface area (Å²) in [5, 5.41) is 2.62. The van der Waals surface area contributed by atoms with Crippen LogP contribution in [0.15, 0.2) is 64.8 Å². The molecule has 0 saturated carbocycles. The predicted molar refractivity (Wildman–Crippen MR) is 118 cm³/mol. The van der Waals surface area contributed by atoms with E-state index in [1.807, 2.05) is 42.6 Å². The second-order valence-electron chi connectivity index (χ2n) is 6.96. The lowest BCUT2D eigenvalue weighted by Gasteiger charge is -2.10. The molecule has 5 nitrogen and oxygen atoms in total. The van der Waals surface area contributed by atoms with Crippen molar-refractivity contribution in [3.8, 4) is 22.3 Å². The largest absolute Gasteiger partial charge is 0.370 e. The average molecular weight is 404 g/mol. The average Bonchev–Trinajstić information content (AvgIpc) is 3.15. The van der Waals surface area contributed by atoms with Crippen LogP contribution in [0.5, 0.6) is 0 Å². The number of carbonyl (C=O) groups is 1. The summed E-state index contributed by atoms with van der Waals surface area (Å²) < 4.78 is 1.64. The van der Waals surface area contributed by atoms with E-state index in [9.17, 15) is 9.59 Å². The first kappa shape index (κ1) is 19.1. The molecule has 4 rings (SSSR count). The fraction of sp³-hybridized carbons (Fsp3) is 0.174. The van der Waals surface area contributed by atoms with Crippen molar-refractivity contribution < 1.29 is 4.79 Å². The Balaban J connectivity index is 1.73. The summed E-state index contributed by atoms with van der Waals surface area (Å²) >= 11 is 1.48. The van der Waals surface area contributed by atoms with Gasteiger partial charge in [-0.3, -0.25) is 14.2 Å². The highest BCUT2D eigenvalue weighted by Crippen LogP contribution is 2.32. The van der Waals surface area contributed by atoms with Crippen molar-refractivity contribution in [1.29, 1.82) is 0 Å². The molecule has 0 aliphatic carbocycles. The van der Waals surface area contributed by atoms with Gasteiger partial charge in [0, 0.05) is 23.9 Å². The minimum atomic E-state index is -0.362. The second-order valence-corrected chi connectivity index (χ2v) is 7.82. The van der Waals surface area contributed by atoms with Crippen LogP contribution in [0.3, 0.4) is 0 Å². The van der Waals surface area contributed by atoms with Gasteiger partial charge in [0.15, 0.2) is 0 Å². The fourth-order valence-electron chi connectivity index (χ4n) is 3.49. The summed E-state index contributed by atoms with van der Waals surface area (Å²) in [6.07, 6.45) is 0.774. The molecule has 0 spiro atoms.